The highest BCUT2D eigenvalue weighted by molar-refractivity contribution is 7.92. The van der Waals surface area contributed by atoms with Gasteiger partial charge in [-0.25, -0.2) is 8.42 Å². The molecule has 0 aliphatic heterocycles. The van der Waals surface area contributed by atoms with Crippen LogP contribution < -0.4 is 4.72 Å². The van der Waals surface area contributed by atoms with E-state index in [4.69, 9.17) is 11.6 Å². The highest BCUT2D eigenvalue weighted by Crippen LogP contribution is 2.23. The van der Waals surface area contributed by atoms with Crippen LogP contribution in [0.5, 0.6) is 0 Å². The van der Waals surface area contributed by atoms with Crippen LogP contribution >= 0.6 is 11.6 Å². The number of halogens is 1. The predicted molar refractivity (Wildman–Crippen MR) is 92.0 cm³/mol. The molecule has 0 amide bonds. The summed E-state index contributed by atoms with van der Waals surface area (Å²) in [7, 11) is -3.61. The van der Waals surface area contributed by atoms with Gasteiger partial charge in [0.25, 0.3) is 10.0 Å². The molecule has 2 aromatic carbocycles. The average Bonchev–Trinajstić information content (AvgIpc) is 2.42. The lowest BCUT2D eigenvalue weighted by Gasteiger charge is -2.12. The normalized spacial score (nSPS) is 11.7. The molecule has 2 rings (SSSR count). The lowest BCUT2D eigenvalue weighted by Crippen LogP contribution is -2.13. The van der Waals surface area contributed by atoms with E-state index in [2.05, 4.69) is 18.6 Å². The number of aryl methyl sites for hydroxylation is 1. The average molecular weight is 338 g/mol. The highest BCUT2D eigenvalue weighted by atomic mass is 35.5. The summed E-state index contributed by atoms with van der Waals surface area (Å²) in [5.41, 5.74) is 2.45. The first-order chi connectivity index (χ1) is 10.3. The number of rotatable bonds is 5. The minimum atomic E-state index is -3.61. The van der Waals surface area contributed by atoms with Crippen molar-refractivity contribution in [2.75, 3.05) is 4.72 Å². The summed E-state index contributed by atoms with van der Waals surface area (Å²) in [5, 5.41) is 0.496. The standard InChI is InChI=1S/C17H20ClNO2S/c1-12(2)10-14-5-8-16(9-6-14)22(20,21)19-17-11-15(18)7-4-13(17)3/h4-9,11-12,19H,10H2,1-3H3. The van der Waals surface area contributed by atoms with Crippen LogP contribution in [0, 0.1) is 12.8 Å². The molecule has 0 aromatic heterocycles. The van der Waals surface area contributed by atoms with Crippen LogP contribution in [0.15, 0.2) is 47.4 Å². The lowest BCUT2D eigenvalue weighted by atomic mass is 10.0. The second-order valence-electron chi connectivity index (χ2n) is 5.81. The Balaban J connectivity index is 2.25. The Morgan fingerprint density at radius 2 is 1.73 bits per heavy atom. The third-order valence-corrected chi connectivity index (χ3v) is 4.94. The van der Waals surface area contributed by atoms with E-state index < -0.39 is 10.0 Å². The topological polar surface area (TPSA) is 46.2 Å². The van der Waals surface area contributed by atoms with Crippen LogP contribution in [-0.4, -0.2) is 8.42 Å². The number of anilines is 1. The van der Waals surface area contributed by atoms with Gasteiger partial charge in [-0.1, -0.05) is 43.6 Å². The van der Waals surface area contributed by atoms with Crippen LogP contribution in [-0.2, 0) is 16.4 Å². The van der Waals surface area contributed by atoms with Crippen LogP contribution in [0.2, 0.25) is 5.02 Å². The molecule has 0 bridgehead atoms. The molecule has 0 atom stereocenters. The number of nitrogens with one attached hydrogen (secondary N) is 1. The van der Waals surface area contributed by atoms with Gasteiger partial charge in [0.1, 0.15) is 0 Å². The van der Waals surface area contributed by atoms with Crippen molar-refractivity contribution in [3.63, 3.8) is 0 Å². The number of hydrogen-bond donors (Lipinski definition) is 1. The molecule has 2 aromatic rings. The van der Waals surface area contributed by atoms with E-state index in [0.717, 1.165) is 17.5 Å². The summed E-state index contributed by atoms with van der Waals surface area (Å²) in [5.74, 6) is 0.537. The third-order valence-electron chi connectivity index (χ3n) is 3.32. The molecule has 0 aliphatic rings. The monoisotopic (exact) mass is 337 g/mol. The summed E-state index contributed by atoms with van der Waals surface area (Å²) < 4.78 is 27.5. The molecule has 0 aliphatic carbocycles. The maximum Gasteiger partial charge on any atom is 0.261 e. The van der Waals surface area contributed by atoms with Crippen molar-refractivity contribution in [2.45, 2.75) is 32.1 Å². The second-order valence-corrected chi connectivity index (χ2v) is 7.93. The van der Waals surface area contributed by atoms with E-state index >= 15 is 0 Å². The van der Waals surface area contributed by atoms with Crippen LogP contribution in [0.25, 0.3) is 0 Å². The van der Waals surface area contributed by atoms with Gasteiger partial charge in [-0.15, -0.1) is 0 Å². The molecule has 3 nitrogen and oxygen atoms in total. The zero-order valence-corrected chi connectivity index (χ0v) is 14.5. The maximum absolute atomic E-state index is 12.4. The third kappa shape index (κ3) is 4.24. The molecule has 0 heterocycles. The zero-order valence-electron chi connectivity index (χ0n) is 12.9. The highest BCUT2D eigenvalue weighted by Gasteiger charge is 2.15. The van der Waals surface area contributed by atoms with Crippen molar-refractivity contribution in [3.8, 4) is 0 Å². The molecule has 0 unspecified atom stereocenters. The molecule has 0 spiro atoms. The predicted octanol–water partition coefficient (Wildman–Crippen LogP) is 4.65. The van der Waals surface area contributed by atoms with Crippen molar-refractivity contribution >= 4 is 27.3 Å². The molecule has 118 valence electrons. The molecular weight excluding hydrogens is 318 g/mol. The van der Waals surface area contributed by atoms with Crippen LogP contribution in [0.3, 0.4) is 0 Å². The van der Waals surface area contributed by atoms with E-state index in [9.17, 15) is 8.42 Å². The Kier molecular flexibility index (Phi) is 5.14. The fourth-order valence-electron chi connectivity index (χ4n) is 2.18. The molecular formula is C17H20ClNO2S. The Bertz CT molecular complexity index is 753. The van der Waals surface area contributed by atoms with Gasteiger partial charge in [0, 0.05) is 5.02 Å². The molecule has 5 heteroatoms. The minimum absolute atomic E-state index is 0.249. The molecule has 0 saturated carbocycles. The summed E-state index contributed by atoms with van der Waals surface area (Å²) >= 11 is 5.93. The van der Waals surface area contributed by atoms with Crippen molar-refractivity contribution in [1.82, 2.24) is 0 Å². The first-order valence-corrected chi connectivity index (χ1v) is 9.02. The Labute approximate surface area is 137 Å². The van der Waals surface area contributed by atoms with Gasteiger partial charge in [0.05, 0.1) is 10.6 Å². The number of benzene rings is 2. The van der Waals surface area contributed by atoms with Gasteiger partial charge >= 0.3 is 0 Å². The fraction of sp³-hybridized carbons (Fsp3) is 0.294. The number of hydrogen-bond acceptors (Lipinski definition) is 2. The Morgan fingerprint density at radius 3 is 2.32 bits per heavy atom. The lowest BCUT2D eigenvalue weighted by molar-refractivity contribution is 0.601. The van der Waals surface area contributed by atoms with E-state index in [1.54, 1.807) is 30.3 Å². The van der Waals surface area contributed by atoms with Gasteiger partial charge in [-0.05, 0) is 54.7 Å². The van der Waals surface area contributed by atoms with Gasteiger partial charge in [0.15, 0.2) is 0 Å². The fourth-order valence-corrected chi connectivity index (χ4v) is 3.48. The van der Waals surface area contributed by atoms with E-state index in [1.165, 1.54) is 0 Å². The van der Waals surface area contributed by atoms with E-state index in [1.807, 2.05) is 19.1 Å². The second kappa shape index (κ2) is 6.71. The zero-order chi connectivity index (χ0) is 16.3. The molecule has 1 N–H and O–H groups in total. The largest absolute Gasteiger partial charge is 0.279 e. The van der Waals surface area contributed by atoms with Gasteiger partial charge in [0.2, 0.25) is 0 Å². The Hall–Kier alpha value is -1.52. The first kappa shape index (κ1) is 16.8. The van der Waals surface area contributed by atoms with E-state index in [-0.39, 0.29) is 4.90 Å². The summed E-state index contributed by atoms with van der Waals surface area (Å²) in [6.45, 7) is 6.10. The summed E-state index contributed by atoms with van der Waals surface area (Å²) in [6.07, 6.45) is 0.932. The first-order valence-electron chi connectivity index (χ1n) is 7.16. The summed E-state index contributed by atoms with van der Waals surface area (Å²) in [4.78, 5) is 0.249. The summed E-state index contributed by atoms with van der Waals surface area (Å²) in [6, 6.07) is 12.1. The van der Waals surface area contributed by atoms with Gasteiger partial charge < -0.3 is 0 Å². The van der Waals surface area contributed by atoms with Crippen molar-refractivity contribution in [3.05, 3.63) is 58.6 Å². The molecule has 0 radical (unpaired) electrons. The van der Waals surface area contributed by atoms with Gasteiger partial charge in [-0.3, -0.25) is 4.72 Å². The quantitative estimate of drug-likeness (QED) is 0.863. The smallest absolute Gasteiger partial charge is 0.261 e. The molecule has 0 saturated heterocycles. The SMILES string of the molecule is Cc1ccc(Cl)cc1NS(=O)(=O)c1ccc(CC(C)C)cc1. The number of sulfonamides is 1. The molecule has 22 heavy (non-hydrogen) atoms. The maximum atomic E-state index is 12.4. The van der Waals surface area contributed by atoms with Crippen LogP contribution in [0.1, 0.15) is 25.0 Å². The van der Waals surface area contributed by atoms with Crippen molar-refractivity contribution in [2.24, 2.45) is 5.92 Å². The van der Waals surface area contributed by atoms with Gasteiger partial charge in [-0.2, -0.15) is 0 Å². The van der Waals surface area contributed by atoms with Crippen molar-refractivity contribution < 1.29 is 8.42 Å². The van der Waals surface area contributed by atoms with E-state index in [0.29, 0.717) is 16.6 Å². The van der Waals surface area contributed by atoms with Crippen LogP contribution in [0.4, 0.5) is 5.69 Å². The molecule has 0 fully saturated rings. The minimum Gasteiger partial charge on any atom is -0.279 e. The Morgan fingerprint density at radius 1 is 1.09 bits per heavy atom. The van der Waals surface area contributed by atoms with Crippen molar-refractivity contribution in [1.29, 1.82) is 0 Å².